The van der Waals surface area contributed by atoms with Gasteiger partial charge in [0.05, 0.1) is 6.54 Å². The maximum atomic E-state index is 12.5. The van der Waals surface area contributed by atoms with Gasteiger partial charge in [-0.1, -0.05) is 24.9 Å². The highest BCUT2D eigenvalue weighted by atomic mass is 35.5. The van der Waals surface area contributed by atoms with E-state index >= 15 is 0 Å². The fraction of sp³-hybridized carbons (Fsp3) is 0.533. The maximum absolute atomic E-state index is 12.5. The predicted octanol–water partition coefficient (Wildman–Crippen LogP) is 2.29. The lowest BCUT2D eigenvalue weighted by Gasteiger charge is -2.20. The van der Waals surface area contributed by atoms with Gasteiger partial charge in [0.1, 0.15) is 5.15 Å². The number of halogens is 1. The molecule has 1 aromatic heterocycles. The average Bonchev–Trinajstić information content (AvgIpc) is 2.44. The molecule has 1 aromatic rings. The van der Waals surface area contributed by atoms with Crippen LogP contribution in [0.15, 0.2) is 12.1 Å². The molecule has 0 bridgehead atoms. The van der Waals surface area contributed by atoms with Crippen LogP contribution in [0, 0.1) is 0 Å². The Hall–Kier alpha value is -1.62. The van der Waals surface area contributed by atoms with Crippen LogP contribution in [0.4, 0.5) is 0 Å². The number of hydrogen-bond acceptors (Lipinski definition) is 3. The van der Waals surface area contributed by atoms with Crippen molar-refractivity contribution in [3.05, 3.63) is 28.5 Å². The van der Waals surface area contributed by atoms with Crippen molar-refractivity contribution in [1.29, 1.82) is 0 Å². The van der Waals surface area contributed by atoms with Crippen LogP contribution >= 0.6 is 11.6 Å². The van der Waals surface area contributed by atoms with Gasteiger partial charge in [-0.2, -0.15) is 0 Å². The number of nitrogens with zero attached hydrogens (tertiary/aromatic N) is 2. The van der Waals surface area contributed by atoms with Gasteiger partial charge in [0.25, 0.3) is 5.91 Å². The normalized spacial score (nSPS) is 10.3. The number of rotatable bonds is 7. The fourth-order valence-electron chi connectivity index (χ4n) is 2.00. The largest absolute Gasteiger partial charge is 0.355 e. The first kappa shape index (κ1) is 17.4. The van der Waals surface area contributed by atoms with Crippen LogP contribution in [0.1, 0.15) is 43.2 Å². The SMILES string of the molecule is CCCc1cc(C(=O)N(CC)CC(=O)NCC)cc(Cl)n1. The van der Waals surface area contributed by atoms with Crippen LogP contribution in [0.2, 0.25) is 5.15 Å². The average molecular weight is 312 g/mol. The molecule has 6 heteroatoms. The van der Waals surface area contributed by atoms with E-state index in [4.69, 9.17) is 11.6 Å². The van der Waals surface area contributed by atoms with Crippen LogP contribution in [0.5, 0.6) is 0 Å². The molecule has 21 heavy (non-hydrogen) atoms. The standard InChI is InChI=1S/C15H22ClN3O2/c1-4-7-12-8-11(9-13(16)18-12)15(21)19(6-3)10-14(20)17-5-2/h8-9H,4-7,10H2,1-3H3,(H,17,20). The van der Waals surface area contributed by atoms with Gasteiger partial charge in [0, 0.05) is 24.3 Å². The van der Waals surface area contributed by atoms with E-state index in [1.54, 1.807) is 12.1 Å². The van der Waals surface area contributed by atoms with Gasteiger partial charge in [-0.05, 0) is 32.4 Å². The number of amides is 2. The quantitative estimate of drug-likeness (QED) is 0.786. The Morgan fingerprint density at radius 1 is 1.29 bits per heavy atom. The Balaban J connectivity index is 2.91. The fourth-order valence-corrected chi connectivity index (χ4v) is 2.22. The van der Waals surface area contributed by atoms with Gasteiger partial charge in [-0.3, -0.25) is 9.59 Å². The number of carbonyl (C=O) groups is 2. The molecule has 1 rings (SSSR count). The monoisotopic (exact) mass is 311 g/mol. The van der Waals surface area contributed by atoms with E-state index in [0.29, 0.717) is 23.8 Å². The van der Waals surface area contributed by atoms with Crippen molar-refractivity contribution in [3.8, 4) is 0 Å². The van der Waals surface area contributed by atoms with Gasteiger partial charge >= 0.3 is 0 Å². The first-order chi connectivity index (χ1) is 10.0. The molecule has 1 heterocycles. The molecule has 0 spiro atoms. The first-order valence-corrected chi connectivity index (χ1v) is 7.62. The minimum Gasteiger partial charge on any atom is -0.355 e. The van der Waals surface area contributed by atoms with Crippen LogP contribution in [0.3, 0.4) is 0 Å². The first-order valence-electron chi connectivity index (χ1n) is 7.24. The summed E-state index contributed by atoms with van der Waals surface area (Å²) in [4.78, 5) is 29.8. The van der Waals surface area contributed by atoms with Crippen LogP contribution in [-0.4, -0.2) is 41.3 Å². The lowest BCUT2D eigenvalue weighted by Crippen LogP contribution is -2.40. The molecule has 0 saturated heterocycles. The third-order valence-corrected chi connectivity index (χ3v) is 3.17. The maximum Gasteiger partial charge on any atom is 0.254 e. The van der Waals surface area contributed by atoms with Crippen LogP contribution in [0.25, 0.3) is 0 Å². The highest BCUT2D eigenvalue weighted by Gasteiger charge is 2.18. The Kier molecular flexibility index (Phi) is 7.15. The summed E-state index contributed by atoms with van der Waals surface area (Å²) < 4.78 is 0. The molecule has 116 valence electrons. The van der Waals surface area contributed by atoms with Crippen molar-refractivity contribution < 1.29 is 9.59 Å². The molecule has 5 nitrogen and oxygen atoms in total. The zero-order valence-electron chi connectivity index (χ0n) is 12.8. The summed E-state index contributed by atoms with van der Waals surface area (Å²) in [5.41, 5.74) is 1.27. The number of pyridine rings is 1. The second-order valence-electron chi connectivity index (χ2n) is 4.69. The number of hydrogen-bond donors (Lipinski definition) is 1. The summed E-state index contributed by atoms with van der Waals surface area (Å²) in [6, 6.07) is 3.29. The summed E-state index contributed by atoms with van der Waals surface area (Å²) in [6.45, 7) is 6.78. The molecule has 0 unspecified atom stereocenters. The summed E-state index contributed by atoms with van der Waals surface area (Å²) in [5, 5.41) is 2.99. The van der Waals surface area contributed by atoms with E-state index in [0.717, 1.165) is 18.5 Å². The summed E-state index contributed by atoms with van der Waals surface area (Å²) in [5.74, 6) is -0.368. The minimum absolute atomic E-state index is 0.0478. The smallest absolute Gasteiger partial charge is 0.254 e. The van der Waals surface area contributed by atoms with E-state index < -0.39 is 0 Å². The van der Waals surface area contributed by atoms with E-state index in [2.05, 4.69) is 10.3 Å². The lowest BCUT2D eigenvalue weighted by atomic mass is 10.1. The third kappa shape index (κ3) is 5.34. The molecule has 0 atom stereocenters. The highest BCUT2D eigenvalue weighted by molar-refractivity contribution is 6.29. The molecule has 0 aromatic carbocycles. The number of likely N-dealkylation sites (N-methyl/N-ethyl adjacent to an activating group) is 2. The van der Waals surface area contributed by atoms with E-state index in [1.165, 1.54) is 4.90 Å². The zero-order valence-corrected chi connectivity index (χ0v) is 13.5. The molecule has 0 aliphatic carbocycles. The van der Waals surface area contributed by atoms with Gasteiger partial charge in [-0.15, -0.1) is 0 Å². The Morgan fingerprint density at radius 3 is 2.57 bits per heavy atom. The summed E-state index contributed by atoms with van der Waals surface area (Å²) in [7, 11) is 0. The summed E-state index contributed by atoms with van der Waals surface area (Å²) in [6.07, 6.45) is 1.70. The molecular weight excluding hydrogens is 290 g/mol. The van der Waals surface area contributed by atoms with Gasteiger partial charge in [0.15, 0.2) is 0 Å². The van der Waals surface area contributed by atoms with Gasteiger partial charge < -0.3 is 10.2 Å². The lowest BCUT2D eigenvalue weighted by molar-refractivity contribution is -0.121. The molecule has 0 saturated carbocycles. The zero-order chi connectivity index (χ0) is 15.8. The number of nitrogens with one attached hydrogen (secondary N) is 1. The molecular formula is C15H22ClN3O2. The topological polar surface area (TPSA) is 62.3 Å². The minimum atomic E-state index is -0.203. The second-order valence-corrected chi connectivity index (χ2v) is 5.08. The second kappa shape index (κ2) is 8.62. The van der Waals surface area contributed by atoms with Crippen LogP contribution < -0.4 is 5.32 Å². The highest BCUT2D eigenvalue weighted by Crippen LogP contribution is 2.14. The van der Waals surface area contributed by atoms with Crippen molar-refractivity contribution in [2.75, 3.05) is 19.6 Å². The van der Waals surface area contributed by atoms with Crippen LogP contribution in [-0.2, 0) is 11.2 Å². The molecule has 1 N–H and O–H groups in total. The molecule has 0 fully saturated rings. The third-order valence-electron chi connectivity index (χ3n) is 2.98. The number of aryl methyl sites for hydroxylation is 1. The van der Waals surface area contributed by atoms with Crippen molar-refractivity contribution in [3.63, 3.8) is 0 Å². The summed E-state index contributed by atoms with van der Waals surface area (Å²) >= 11 is 5.97. The molecule has 0 aliphatic rings. The molecule has 2 amide bonds. The van der Waals surface area contributed by atoms with Crippen molar-refractivity contribution >= 4 is 23.4 Å². The van der Waals surface area contributed by atoms with Gasteiger partial charge in [-0.25, -0.2) is 4.98 Å². The van der Waals surface area contributed by atoms with Gasteiger partial charge in [0.2, 0.25) is 5.91 Å². The Labute approximate surface area is 130 Å². The molecule has 0 radical (unpaired) electrons. The molecule has 0 aliphatic heterocycles. The van der Waals surface area contributed by atoms with E-state index in [1.807, 2.05) is 20.8 Å². The van der Waals surface area contributed by atoms with E-state index in [9.17, 15) is 9.59 Å². The van der Waals surface area contributed by atoms with E-state index in [-0.39, 0.29) is 18.4 Å². The predicted molar refractivity (Wildman–Crippen MR) is 83.5 cm³/mol. The number of aromatic nitrogens is 1. The Morgan fingerprint density at radius 2 is 2.00 bits per heavy atom. The van der Waals surface area contributed by atoms with Crippen molar-refractivity contribution in [2.45, 2.75) is 33.6 Å². The van der Waals surface area contributed by atoms with Crippen molar-refractivity contribution in [2.24, 2.45) is 0 Å². The Bertz CT molecular complexity index is 506. The van der Waals surface area contributed by atoms with Crippen molar-refractivity contribution in [1.82, 2.24) is 15.2 Å². The number of carbonyl (C=O) groups excluding carboxylic acids is 2.